The molecular formula is C27H30N6O2S. The van der Waals surface area contributed by atoms with Gasteiger partial charge in [0.05, 0.1) is 12.8 Å². The second kappa shape index (κ2) is 11.4. The maximum Gasteiger partial charge on any atom is 0.319 e. The van der Waals surface area contributed by atoms with Crippen LogP contribution in [-0.4, -0.2) is 66.7 Å². The highest BCUT2D eigenvalue weighted by Crippen LogP contribution is 2.23. The van der Waals surface area contributed by atoms with Crippen LogP contribution in [-0.2, 0) is 6.42 Å². The lowest BCUT2D eigenvalue weighted by molar-refractivity contribution is 0.240. The monoisotopic (exact) mass is 502 g/mol. The summed E-state index contributed by atoms with van der Waals surface area (Å²) in [6, 6.07) is 21.8. The molecule has 2 heterocycles. The molecule has 36 heavy (non-hydrogen) atoms. The molecule has 9 heteroatoms. The molecule has 1 aliphatic rings. The Balaban J connectivity index is 1.05. The van der Waals surface area contributed by atoms with E-state index >= 15 is 0 Å². The van der Waals surface area contributed by atoms with Crippen molar-refractivity contribution < 1.29 is 9.53 Å². The molecule has 2 amide bonds. The number of nitrogens with one attached hydrogen (secondary N) is 2. The highest BCUT2D eigenvalue weighted by Gasteiger charge is 2.20. The number of anilines is 2. The van der Waals surface area contributed by atoms with Crippen LogP contribution in [0.5, 0.6) is 5.75 Å². The first kappa shape index (κ1) is 24.0. The fourth-order valence-corrected chi connectivity index (χ4v) is 5.14. The molecular weight excluding hydrogens is 472 g/mol. The van der Waals surface area contributed by atoms with Crippen LogP contribution < -0.4 is 20.3 Å². The lowest BCUT2D eigenvalue weighted by atomic mass is 10.1. The zero-order chi connectivity index (χ0) is 24.7. The Hall–Kier alpha value is -3.69. The van der Waals surface area contributed by atoms with Crippen LogP contribution in [0.15, 0.2) is 66.7 Å². The largest absolute Gasteiger partial charge is 0.497 e. The summed E-state index contributed by atoms with van der Waals surface area (Å²) in [5.74, 6) is 1.69. The fraction of sp³-hybridized carbons (Fsp3) is 0.296. The Morgan fingerprint density at radius 1 is 1.03 bits per heavy atom. The third-order valence-corrected chi connectivity index (χ3v) is 7.16. The molecule has 0 saturated carbocycles. The van der Waals surface area contributed by atoms with E-state index in [0.717, 1.165) is 71.5 Å². The minimum Gasteiger partial charge on any atom is -0.497 e. The van der Waals surface area contributed by atoms with E-state index in [9.17, 15) is 4.79 Å². The first-order valence-corrected chi connectivity index (χ1v) is 12.9. The van der Waals surface area contributed by atoms with E-state index < -0.39 is 0 Å². The highest BCUT2D eigenvalue weighted by molar-refractivity contribution is 7.09. The Kier molecular flexibility index (Phi) is 7.58. The number of benzene rings is 3. The Morgan fingerprint density at radius 3 is 2.69 bits per heavy atom. The normalized spacial score (nSPS) is 14.1. The van der Waals surface area contributed by atoms with Gasteiger partial charge in [-0.15, -0.1) is 0 Å². The number of nitrogens with zero attached hydrogens (tertiary/aromatic N) is 4. The highest BCUT2D eigenvalue weighted by atomic mass is 32.1. The van der Waals surface area contributed by atoms with Crippen LogP contribution in [0.3, 0.4) is 0 Å². The average Bonchev–Trinajstić information content (AvgIpc) is 3.38. The standard InChI is InChI=1S/C27H30N6O2S/c1-35-22-9-4-6-20(18-22)19-25-30-27(36-31-25)33-16-14-32(15-17-33)13-12-28-26(34)29-24-11-5-8-21-7-2-3-10-23(21)24/h2-11,18H,12-17,19H2,1H3,(H2,28,29,34). The molecule has 0 atom stereocenters. The van der Waals surface area contributed by atoms with Crippen molar-refractivity contribution in [3.05, 3.63) is 78.1 Å². The first-order chi connectivity index (χ1) is 17.7. The number of carbonyl (C=O) groups is 1. The van der Waals surface area contributed by atoms with Crippen LogP contribution in [0.2, 0.25) is 0 Å². The number of hydrogen-bond donors (Lipinski definition) is 2. The smallest absolute Gasteiger partial charge is 0.319 e. The van der Waals surface area contributed by atoms with E-state index in [4.69, 9.17) is 9.72 Å². The molecule has 8 nitrogen and oxygen atoms in total. The summed E-state index contributed by atoms with van der Waals surface area (Å²) >= 11 is 1.46. The van der Waals surface area contributed by atoms with Gasteiger partial charge in [-0.05, 0) is 29.1 Å². The SMILES string of the molecule is COc1cccc(Cc2nsc(N3CCN(CCNC(=O)Nc4cccc5ccccc45)CC3)n2)c1. The van der Waals surface area contributed by atoms with Crippen molar-refractivity contribution in [3.63, 3.8) is 0 Å². The molecule has 1 aromatic heterocycles. The predicted molar refractivity (Wildman–Crippen MR) is 145 cm³/mol. The van der Waals surface area contributed by atoms with Gasteiger partial charge in [-0.2, -0.15) is 4.37 Å². The van der Waals surface area contributed by atoms with Gasteiger partial charge in [-0.25, -0.2) is 9.78 Å². The zero-order valence-corrected chi connectivity index (χ0v) is 21.1. The molecule has 186 valence electrons. The lowest BCUT2D eigenvalue weighted by Crippen LogP contribution is -2.48. The van der Waals surface area contributed by atoms with Crippen LogP contribution in [0.4, 0.5) is 15.6 Å². The molecule has 0 bridgehead atoms. The van der Waals surface area contributed by atoms with Crippen molar-refractivity contribution in [1.29, 1.82) is 0 Å². The van der Waals surface area contributed by atoms with Gasteiger partial charge in [-0.3, -0.25) is 4.90 Å². The Labute approximate surface area is 215 Å². The van der Waals surface area contributed by atoms with Crippen LogP contribution in [0, 0.1) is 0 Å². The Bertz CT molecular complexity index is 1310. The van der Waals surface area contributed by atoms with Gasteiger partial charge < -0.3 is 20.3 Å². The van der Waals surface area contributed by atoms with Gasteiger partial charge in [0, 0.05) is 62.6 Å². The van der Waals surface area contributed by atoms with Gasteiger partial charge in [-0.1, -0.05) is 48.5 Å². The van der Waals surface area contributed by atoms with Crippen molar-refractivity contribution in [2.24, 2.45) is 0 Å². The minimum atomic E-state index is -0.178. The number of methoxy groups -OCH3 is 1. The number of aromatic nitrogens is 2. The summed E-state index contributed by atoms with van der Waals surface area (Å²) in [5.41, 5.74) is 1.96. The van der Waals surface area contributed by atoms with Crippen molar-refractivity contribution in [3.8, 4) is 5.75 Å². The number of rotatable bonds is 8. The molecule has 3 aromatic carbocycles. The van der Waals surface area contributed by atoms with Gasteiger partial charge in [0.25, 0.3) is 0 Å². The molecule has 0 radical (unpaired) electrons. The minimum absolute atomic E-state index is 0.178. The molecule has 2 N–H and O–H groups in total. The van der Waals surface area contributed by atoms with Gasteiger partial charge in [0.15, 0.2) is 0 Å². The second-order valence-corrected chi connectivity index (χ2v) is 9.49. The molecule has 4 aromatic rings. The summed E-state index contributed by atoms with van der Waals surface area (Å²) in [6.45, 7) is 5.06. The molecule has 1 aliphatic heterocycles. The maximum atomic E-state index is 12.4. The maximum absolute atomic E-state index is 12.4. The predicted octanol–water partition coefficient (Wildman–Crippen LogP) is 4.23. The summed E-state index contributed by atoms with van der Waals surface area (Å²) < 4.78 is 9.87. The molecule has 0 aliphatic carbocycles. The average molecular weight is 503 g/mol. The quantitative estimate of drug-likeness (QED) is 0.375. The van der Waals surface area contributed by atoms with E-state index in [-0.39, 0.29) is 6.03 Å². The van der Waals surface area contributed by atoms with Crippen molar-refractivity contribution in [2.75, 3.05) is 56.6 Å². The van der Waals surface area contributed by atoms with Crippen molar-refractivity contribution >= 4 is 39.2 Å². The molecule has 0 unspecified atom stereocenters. The lowest BCUT2D eigenvalue weighted by Gasteiger charge is -2.34. The van der Waals surface area contributed by atoms with E-state index in [2.05, 4.69) is 30.9 Å². The van der Waals surface area contributed by atoms with E-state index in [1.165, 1.54) is 11.5 Å². The summed E-state index contributed by atoms with van der Waals surface area (Å²) in [5, 5.41) is 9.08. The number of fused-ring (bicyclic) bond motifs is 1. The van der Waals surface area contributed by atoms with Gasteiger partial charge in [0.2, 0.25) is 5.13 Å². The summed E-state index contributed by atoms with van der Waals surface area (Å²) in [6.07, 6.45) is 0.695. The topological polar surface area (TPSA) is 82.6 Å². The van der Waals surface area contributed by atoms with Crippen LogP contribution in [0.25, 0.3) is 10.8 Å². The molecule has 1 fully saturated rings. The third-order valence-electron chi connectivity index (χ3n) is 6.35. The number of urea groups is 1. The van der Waals surface area contributed by atoms with E-state index in [1.54, 1.807) is 7.11 Å². The summed E-state index contributed by atoms with van der Waals surface area (Å²) in [7, 11) is 1.68. The summed E-state index contributed by atoms with van der Waals surface area (Å²) in [4.78, 5) is 21.9. The van der Waals surface area contributed by atoms with Gasteiger partial charge in [0.1, 0.15) is 11.6 Å². The molecule has 0 spiro atoms. The first-order valence-electron chi connectivity index (χ1n) is 12.1. The van der Waals surface area contributed by atoms with Crippen molar-refractivity contribution in [1.82, 2.24) is 19.6 Å². The van der Waals surface area contributed by atoms with Crippen LogP contribution in [0.1, 0.15) is 11.4 Å². The molecule has 5 rings (SSSR count). The molecule has 1 saturated heterocycles. The fourth-order valence-electron chi connectivity index (χ4n) is 4.40. The Morgan fingerprint density at radius 2 is 1.83 bits per heavy atom. The van der Waals surface area contributed by atoms with E-state index in [1.807, 2.05) is 60.7 Å². The van der Waals surface area contributed by atoms with Crippen LogP contribution >= 0.6 is 11.5 Å². The number of carbonyl (C=O) groups excluding carboxylic acids is 1. The van der Waals surface area contributed by atoms with Gasteiger partial charge >= 0.3 is 6.03 Å². The number of amides is 2. The third kappa shape index (κ3) is 5.92. The van der Waals surface area contributed by atoms with Crippen molar-refractivity contribution in [2.45, 2.75) is 6.42 Å². The second-order valence-electron chi connectivity index (χ2n) is 8.76. The zero-order valence-electron chi connectivity index (χ0n) is 20.3. The van der Waals surface area contributed by atoms with E-state index in [0.29, 0.717) is 13.0 Å². The number of hydrogen-bond acceptors (Lipinski definition) is 7. The number of piperazine rings is 1. The number of ether oxygens (including phenoxy) is 1.